The number of carbonyl (C=O) groups is 2. The van der Waals surface area contributed by atoms with E-state index in [1.807, 2.05) is 0 Å². The Morgan fingerprint density at radius 2 is 1.68 bits per heavy atom. The van der Waals surface area contributed by atoms with Crippen LogP contribution in [0.1, 0.15) is 63.4 Å². The predicted octanol–water partition coefficient (Wildman–Crippen LogP) is 4.03. The lowest BCUT2D eigenvalue weighted by Crippen LogP contribution is -2.56. The SMILES string of the molecule is COc1cnccc1B(O)OCOc1cnccc1-c1cc(C(=O)NC2C3CC4CC(C3)CC2C4)n(C(=O)OC(C)(C)C)c1. The molecule has 232 valence electrons. The van der Waals surface area contributed by atoms with E-state index < -0.39 is 18.8 Å². The van der Waals surface area contributed by atoms with Gasteiger partial charge in [0, 0.05) is 41.2 Å². The average molecular weight is 602 g/mol. The number of carbonyl (C=O) groups excluding carboxylic acids is 2. The van der Waals surface area contributed by atoms with Crippen LogP contribution in [0.4, 0.5) is 4.79 Å². The van der Waals surface area contributed by atoms with Gasteiger partial charge in [-0.15, -0.1) is 0 Å². The van der Waals surface area contributed by atoms with Crippen molar-refractivity contribution in [1.29, 1.82) is 0 Å². The van der Waals surface area contributed by atoms with Crippen molar-refractivity contribution in [2.75, 3.05) is 13.9 Å². The molecule has 3 heterocycles. The molecule has 0 saturated heterocycles. The molecule has 0 aromatic carbocycles. The van der Waals surface area contributed by atoms with Crippen LogP contribution < -0.4 is 20.3 Å². The lowest BCUT2D eigenvalue weighted by atomic mass is 9.54. The molecule has 4 saturated carbocycles. The summed E-state index contributed by atoms with van der Waals surface area (Å²) in [7, 11) is 0.161. The van der Waals surface area contributed by atoms with E-state index in [2.05, 4.69) is 15.3 Å². The lowest BCUT2D eigenvalue weighted by Gasteiger charge is -2.54. The summed E-state index contributed by atoms with van der Waals surface area (Å²) >= 11 is 0. The molecule has 0 unspecified atom stereocenters. The molecule has 2 N–H and O–H groups in total. The van der Waals surface area contributed by atoms with E-state index in [9.17, 15) is 14.6 Å². The molecule has 4 aliphatic rings. The highest BCUT2D eigenvalue weighted by atomic mass is 16.7. The number of ether oxygens (including phenoxy) is 3. The van der Waals surface area contributed by atoms with E-state index in [1.165, 1.54) is 62.4 Å². The minimum atomic E-state index is -1.32. The number of rotatable bonds is 9. The van der Waals surface area contributed by atoms with Gasteiger partial charge in [0.05, 0.1) is 19.5 Å². The fourth-order valence-corrected chi connectivity index (χ4v) is 7.38. The van der Waals surface area contributed by atoms with Crippen molar-refractivity contribution >= 4 is 24.6 Å². The molecule has 3 aromatic rings. The van der Waals surface area contributed by atoms with E-state index in [1.54, 1.807) is 51.4 Å². The molecule has 12 heteroatoms. The summed E-state index contributed by atoms with van der Waals surface area (Å²) in [6.45, 7) is 5.05. The van der Waals surface area contributed by atoms with Crippen LogP contribution in [-0.2, 0) is 9.39 Å². The Bertz CT molecular complexity index is 1490. The Morgan fingerprint density at radius 3 is 2.34 bits per heavy atom. The summed E-state index contributed by atoms with van der Waals surface area (Å²) in [6.07, 6.45) is 13.0. The summed E-state index contributed by atoms with van der Waals surface area (Å²) in [5.41, 5.74) is 1.01. The lowest BCUT2D eigenvalue weighted by molar-refractivity contribution is -0.0121. The second-order valence-corrected chi connectivity index (χ2v) is 13.2. The van der Waals surface area contributed by atoms with Crippen LogP contribution in [0.5, 0.6) is 11.5 Å². The molecular weight excluding hydrogens is 563 g/mol. The first-order valence-electron chi connectivity index (χ1n) is 15.2. The highest BCUT2D eigenvalue weighted by molar-refractivity contribution is 6.61. The predicted molar refractivity (Wildman–Crippen MR) is 163 cm³/mol. The van der Waals surface area contributed by atoms with Gasteiger partial charge >= 0.3 is 13.2 Å². The fourth-order valence-electron chi connectivity index (χ4n) is 7.38. The van der Waals surface area contributed by atoms with Crippen molar-refractivity contribution in [3.8, 4) is 22.6 Å². The summed E-state index contributed by atoms with van der Waals surface area (Å²) < 4.78 is 23.6. The minimum absolute atomic E-state index is 0.114. The molecular formula is C32H39BN4O7. The van der Waals surface area contributed by atoms with Crippen LogP contribution in [0, 0.1) is 23.7 Å². The van der Waals surface area contributed by atoms with Gasteiger partial charge in [-0.05, 0) is 94.7 Å². The first-order valence-corrected chi connectivity index (χ1v) is 15.2. The Labute approximate surface area is 257 Å². The Kier molecular flexibility index (Phi) is 8.39. The van der Waals surface area contributed by atoms with Gasteiger partial charge in [0.1, 0.15) is 22.8 Å². The number of nitrogens with one attached hydrogen (secondary N) is 1. The average Bonchev–Trinajstić information content (AvgIpc) is 3.44. The van der Waals surface area contributed by atoms with Crippen LogP contribution in [-0.4, -0.2) is 64.2 Å². The van der Waals surface area contributed by atoms with E-state index >= 15 is 0 Å². The number of amides is 1. The molecule has 1 amide bonds. The van der Waals surface area contributed by atoms with Gasteiger partial charge in [-0.1, -0.05) is 0 Å². The van der Waals surface area contributed by atoms with E-state index in [0.29, 0.717) is 39.9 Å². The second kappa shape index (κ2) is 12.2. The summed E-state index contributed by atoms with van der Waals surface area (Å²) in [5, 5.41) is 13.9. The summed E-state index contributed by atoms with van der Waals surface area (Å²) in [5.74, 6) is 2.97. The van der Waals surface area contributed by atoms with Crippen molar-refractivity contribution in [3.63, 3.8) is 0 Å². The number of methoxy groups -OCH3 is 1. The molecule has 4 bridgehead atoms. The highest BCUT2D eigenvalue weighted by Crippen LogP contribution is 2.53. The molecule has 4 fully saturated rings. The molecule has 44 heavy (non-hydrogen) atoms. The fraction of sp³-hybridized carbons (Fsp3) is 0.500. The zero-order valence-electron chi connectivity index (χ0n) is 25.6. The number of nitrogens with zero attached hydrogens (tertiary/aromatic N) is 3. The number of aromatic nitrogens is 3. The van der Waals surface area contributed by atoms with Crippen molar-refractivity contribution in [1.82, 2.24) is 19.9 Å². The van der Waals surface area contributed by atoms with Gasteiger partial charge in [0.2, 0.25) is 0 Å². The molecule has 0 radical (unpaired) electrons. The van der Waals surface area contributed by atoms with Crippen LogP contribution in [0.15, 0.2) is 49.2 Å². The monoisotopic (exact) mass is 602 g/mol. The van der Waals surface area contributed by atoms with E-state index in [0.717, 1.165) is 11.8 Å². The molecule has 3 aromatic heterocycles. The van der Waals surface area contributed by atoms with Crippen molar-refractivity contribution in [2.45, 2.75) is 64.5 Å². The van der Waals surface area contributed by atoms with E-state index in [-0.39, 0.29) is 24.4 Å². The van der Waals surface area contributed by atoms with Crippen LogP contribution >= 0.6 is 0 Å². The maximum atomic E-state index is 13.8. The molecule has 11 nitrogen and oxygen atoms in total. The summed E-state index contributed by atoms with van der Waals surface area (Å²) in [6, 6.07) is 5.11. The zero-order chi connectivity index (χ0) is 31.0. The smallest absolute Gasteiger partial charge is 0.496 e. The van der Waals surface area contributed by atoms with Gasteiger partial charge < -0.3 is 29.2 Å². The third-order valence-corrected chi connectivity index (χ3v) is 9.01. The maximum Gasteiger partial charge on any atom is 0.497 e. The Morgan fingerprint density at radius 1 is 1.02 bits per heavy atom. The van der Waals surface area contributed by atoms with Crippen molar-refractivity contribution in [2.24, 2.45) is 23.7 Å². The summed E-state index contributed by atoms with van der Waals surface area (Å²) in [4.78, 5) is 35.3. The Hall–Kier alpha value is -3.90. The maximum absolute atomic E-state index is 13.8. The highest BCUT2D eigenvalue weighted by Gasteiger charge is 2.48. The molecule has 0 aliphatic heterocycles. The third-order valence-electron chi connectivity index (χ3n) is 9.01. The largest absolute Gasteiger partial charge is 0.497 e. The molecule has 0 spiro atoms. The zero-order valence-corrected chi connectivity index (χ0v) is 25.6. The topological polar surface area (TPSA) is 134 Å². The minimum Gasteiger partial charge on any atom is -0.496 e. The first kappa shape index (κ1) is 30.1. The van der Waals surface area contributed by atoms with Crippen molar-refractivity contribution in [3.05, 3.63) is 54.9 Å². The van der Waals surface area contributed by atoms with E-state index in [4.69, 9.17) is 18.9 Å². The number of hydrogen-bond donors (Lipinski definition) is 2. The van der Waals surface area contributed by atoms with Crippen molar-refractivity contribution < 1.29 is 33.5 Å². The quantitative estimate of drug-likeness (QED) is 0.275. The molecule has 0 atom stereocenters. The van der Waals surface area contributed by atoms with Crippen LogP contribution in [0.25, 0.3) is 11.1 Å². The third kappa shape index (κ3) is 6.32. The van der Waals surface area contributed by atoms with Gasteiger partial charge in [-0.2, -0.15) is 0 Å². The van der Waals surface area contributed by atoms with Gasteiger partial charge in [0.15, 0.2) is 6.79 Å². The van der Waals surface area contributed by atoms with Gasteiger partial charge in [-0.3, -0.25) is 14.8 Å². The Balaban J connectivity index is 1.23. The normalized spacial score (nSPS) is 23.7. The number of hydrogen-bond acceptors (Lipinski definition) is 9. The molecule has 4 aliphatic carbocycles. The number of pyridine rings is 2. The first-order chi connectivity index (χ1) is 21.1. The second-order valence-electron chi connectivity index (χ2n) is 13.2. The molecule has 7 rings (SSSR count). The van der Waals surface area contributed by atoms with Crippen LogP contribution in [0.2, 0.25) is 0 Å². The van der Waals surface area contributed by atoms with Crippen LogP contribution in [0.3, 0.4) is 0 Å². The van der Waals surface area contributed by atoms with Gasteiger partial charge in [0.25, 0.3) is 5.91 Å². The standard InChI is InChI=1S/C32H39BN4O7/c1-32(2,3)44-31(39)37-17-23(14-26(37)30(38)36-29-21-10-19-9-20(12-21)13-22(29)11-19)24-5-7-34-15-27(24)42-18-43-33(40)25-6-8-35-16-28(25)41-4/h5-8,14-17,19-22,29,40H,9-13,18H2,1-4H3,(H,36,38). The van der Waals surface area contributed by atoms with Gasteiger partial charge in [-0.25, -0.2) is 9.36 Å².